The predicted octanol–water partition coefficient (Wildman–Crippen LogP) is -1.08. The van der Waals surface area contributed by atoms with Crippen LogP contribution in [0.25, 0.3) is 0 Å². The van der Waals surface area contributed by atoms with Crippen LogP contribution in [0.3, 0.4) is 0 Å². The first-order valence-corrected chi connectivity index (χ1v) is 5.31. The molecule has 0 bridgehead atoms. The maximum absolute atomic E-state index is 12.2. The van der Waals surface area contributed by atoms with E-state index < -0.39 is 0 Å². The number of carbonyl (C=O) groups excluding carboxylic acids is 2. The van der Waals surface area contributed by atoms with Crippen LogP contribution in [0, 0.1) is 0 Å². The lowest BCUT2D eigenvalue weighted by atomic mass is 10.2. The molecular weight excluding hydrogens is 222 g/mol. The number of aryl methyl sites for hydroxylation is 1. The number of likely N-dealkylation sites (N-methyl/N-ethyl adjacent to an activating group) is 1. The van der Waals surface area contributed by atoms with E-state index in [0.717, 1.165) is 0 Å². The number of nitrogens with two attached hydrogens (primary N) is 1. The fourth-order valence-electron chi connectivity index (χ4n) is 1.80. The second-order valence-electron chi connectivity index (χ2n) is 4.11. The Balaban J connectivity index is 2.19. The maximum atomic E-state index is 12.2. The van der Waals surface area contributed by atoms with E-state index in [-0.39, 0.29) is 18.4 Å². The third-order valence-electron chi connectivity index (χ3n) is 2.91. The van der Waals surface area contributed by atoms with Gasteiger partial charge in [0.1, 0.15) is 12.2 Å². The van der Waals surface area contributed by atoms with Gasteiger partial charge in [-0.25, -0.2) is 0 Å². The zero-order valence-electron chi connectivity index (χ0n) is 9.88. The topological polar surface area (TPSA) is 84.5 Å². The van der Waals surface area contributed by atoms with E-state index in [2.05, 4.69) is 5.10 Å². The monoisotopic (exact) mass is 237 g/mol. The molecule has 7 nitrogen and oxygen atoms in total. The minimum atomic E-state index is -0.246. The van der Waals surface area contributed by atoms with Gasteiger partial charge in [0.2, 0.25) is 5.91 Å². The first kappa shape index (κ1) is 11.4. The van der Waals surface area contributed by atoms with Crippen LogP contribution in [0.15, 0.2) is 6.20 Å². The molecule has 0 aromatic carbocycles. The molecule has 2 rings (SSSR count). The summed E-state index contributed by atoms with van der Waals surface area (Å²) >= 11 is 0. The van der Waals surface area contributed by atoms with Crippen LogP contribution >= 0.6 is 0 Å². The van der Waals surface area contributed by atoms with Gasteiger partial charge in [0.15, 0.2) is 0 Å². The largest absolute Gasteiger partial charge is 0.396 e. The van der Waals surface area contributed by atoms with Gasteiger partial charge in [0.25, 0.3) is 5.91 Å². The molecule has 7 heteroatoms. The molecule has 1 aromatic rings. The average Bonchev–Trinajstić information content (AvgIpc) is 2.62. The van der Waals surface area contributed by atoms with E-state index in [1.165, 1.54) is 15.8 Å². The number of hydrogen-bond acceptors (Lipinski definition) is 4. The Labute approximate surface area is 98.8 Å². The predicted molar refractivity (Wildman–Crippen MR) is 61.2 cm³/mol. The zero-order valence-corrected chi connectivity index (χ0v) is 9.88. The Morgan fingerprint density at radius 3 is 2.65 bits per heavy atom. The van der Waals surface area contributed by atoms with Crippen LogP contribution in [0.4, 0.5) is 5.69 Å². The Bertz CT molecular complexity index is 448. The molecule has 1 aliphatic heterocycles. The van der Waals surface area contributed by atoms with E-state index in [0.29, 0.717) is 24.5 Å². The summed E-state index contributed by atoms with van der Waals surface area (Å²) in [5, 5.41) is 3.91. The molecule has 0 saturated carbocycles. The molecule has 17 heavy (non-hydrogen) atoms. The fraction of sp³-hybridized carbons (Fsp3) is 0.500. The molecule has 1 aliphatic rings. The molecule has 0 spiro atoms. The number of carbonyl (C=O) groups is 2. The fourth-order valence-corrected chi connectivity index (χ4v) is 1.80. The summed E-state index contributed by atoms with van der Waals surface area (Å²) in [6.07, 6.45) is 1.44. The number of nitrogens with zero attached hydrogens (tertiary/aromatic N) is 4. The van der Waals surface area contributed by atoms with E-state index >= 15 is 0 Å². The number of anilines is 1. The van der Waals surface area contributed by atoms with Crippen molar-refractivity contribution in [1.82, 2.24) is 19.6 Å². The average molecular weight is 237 g/mol. The van der Waals surface area contributed by atoms with Gasteiger partial charge in [-0.05, 0) is 0 Å². The number of hydrogen-bond donors (Lipinski definition) is 1. The van der Waals surface area contributed by atoms with Crippen molar-refractivity contribution < 1.29 is 9.59 Å². The van der Waals surface area contributed by atoms with E-state index in [1.54, 1.807) is 19.0 Å². The Hall–Kier alpha value is -2.05. The summed E-state index contributed by atoms with van der Waals surface area (Å²) in [6, 6.07) is 0. The molecule has 92 valence electrons. The maximum Gasteiger partial charge on any atom is 0.274 e. The van der Waals surface area contributed by atoms with Crippen molar-refractivity contribution in [1.29, 1.82) is 0 Å². The van der Waals surface area contributed by atoms with Gasteiger partial charge in [0, 0.05) is 27.2 Å². The van der Waals surface area contributed by atoms with Crippen LogP contribution < -0.4 is 5.73 Å². The van der Waals surface area contributed by atoms with Crippen molar-refractivity contribution in [3.8, 4) is 0 Å². The Morgan fingerprint density at radius 1 is 1.41 bits per heavy atom. The molecule has 0 radical (unpaired) electrons. The molecule has 2 N–H and O–H groups in total. The van der Waals surface area contributed by atoms with Crippen molar-refractivity contribution in [2.75, 3.05) is 32.4 Å². The standard InChI is InChI=1S/C10H15N5O2/c1-13-3-4-15(6-8(13)16)10(17)9-7(11)5-12-14(9)2/h5H,3-4,6,11H2,1-2H3. The molecule has 0 atom stereocenters. The first-order valence-electron chi connectivity index (χ1n) is 5.31. The molecule has 2 amide bonds. The summed E-state index contributed by atoms with van der Waals surface area (Å²) in [5.41, 5.74) is 6.36. The molecule has 0 aliphatic carbocycles. The minimum absolute atomic E-state index is 0.0645. The SMILES string of the molecule is CN1CCN(C(=O)c2c(N)cnn2C)CC1=O. The smallest absolute Gasteiger partial charge is 0.274 e. The minimum Gasteiger partial charge on any atom is -0.396 e. The van der Waals surface area contributed by atoms with Crippen molar-refractivity contribution in [3.05, 3.63) is 11.9 Å². The Kier molecular flexibility index (Phi) is 2.74. The van der Waals surface area contributed by atoms with Crippen LogP contribution in [0.5, 0.6) is 0 Å². The highest BCUT2D eigenvalue weighted by Crippen LogP contribution is 2.14. The quantitative estimate of drug-likeness (QED) is 0.673. The number of amides is 2. The highest BCUT2D eigenvalue weighted by molar-refractivity contribution is 5.99. The summed E-state index contributed by atoms with van der Waals surface area (Å²) in [4.78, 5) is 26.8. The van der Waals surface area contributed by atoms with Crippen LogP contribution in [-0.4, -0.2) is 58.1 Å². The van der Waals surface area contributed by atoms with E-state index in [4.69, 9.17) is 5.73 Å². The normalized spacial score (nSPS) is 16.5. The third-order valence-corrected chi connectivity index (χ3v) is 2.91. The van der Waals surface area contributed by atoms with Crippen molar-refractivity contribution in [2.24, 2.45) is 7.05 Å². The highest BCUT2D eigenvalue weighted by Gasteiger charge is 2.28. The van der Waals surface area contributed by atoms with Crippen molar-refractivity contribution >= 4 is 17.5 Å². The molecule has 1 fully saturated rings. The lowest BCUT2D eigenvalue weighted by Crippen LogP contribution is -2.51. The van der Waals surface area contributed by atoms with Gasteiger partial charge < -0.3 is 15.5 Å². The van der Waals surface area contributed by atoms with Gasteiger partial charge >= 0.3 is 0 Å². The van der Waals surface area contributed by atoms with Gasteiger partial charge in [0.05, 0.1) is 11.9 Å². The van der Waals surface area contributed by atoms with Crippen molar-refractivity contribution in [3.63, 3.8) is 0 Å². The second kappa shape index (κ2) is 4.08. The second-order valence-corrected chi connectivity index (χ2v) is 4.11. The molecule has 1 aromatic heterocycles. The Morgan fingerprint density at radius 2 is 2.12 bits per heavy atom. The lowest BCUT2D eigenvalue weighted by molar-refractivity contribution is -0.133. The number of piperazine rings is 1. The third kappa shape index (κ3) is 1.95. The summed E-state index contributed by atoms with van der Waals surface area (Å²) < 4.78 is 1.43. The molecule has 1 saturated heterocycles. The summed E-state index contributed by atoms with van der Waals surface area (Å²) in [5.74, 6) is -0.311. The highest BCUT2D eigenvalue weighted by atomic mass is 16.2. The molecular formula is C10H15N5O2. The van der Waals surface area contributed by atoms with Gasteiger partial charge in [-0.3, -0.25) is 14.3 Å². The van der Waals surface area contributed by atoms with Gasteiger partial charge in [-0.2, -0.15) is 5.10 Å². The number of rotatable bonds is 1. The van der Waals surface area contributed by atoms with Crippen LogP contribution in [0.1, 0.15) is 10.5 Å². The van der Waals surface area contributed by atoms with E-state index in [1.807, 2.05) is 0 Å². The number of nitrogen functional groups attached to an aromatic ring is 1. The molecule has 0 unspecified atom stereocenters. The first-order chi connectivity index (χ1) is 8.00. The molecule has 2 heterocycles. The zero-order chi connectivity index (χ0) is 12.6. The number of aromatic nitrogens is 2. The van der Waals surface area contributed by atoms with Crippen LogP contribution in [0.2, 0.25) is 0 Å². The summed E-state index contributed by atoms with van der Waals surface area (Å²) in [7, 11) is 3.38. The lowest BCUT2D eigenvalue weighted by Gasteiger charge is -2.31. The van der Waals surface area contributed by atoms with E-state index in [9.17, 15) is 9.59 Å². The van der Waals surface area contributed by atoms with Gasteiger partial charge in [-0.15, -0.1) is 0 Å². The van der Waals surface area contributed by atoms with Crippen LogP contribution in [-0.2, 0) is 11.8 Å². The van der Waals surface area contributed by atoms with Gasteiger partial charge in [-0.1, -0.05) is 0 Å². The summed E-state index contributed by atoms with van der Waals surface area (Å²) in [6.45, 7) is 1.16. The van der Waals surface area contributed by atoms with Crippen molar-refractivity contribution in [2.45, 2.75) is 0 Å².